The van der Waals surface area contributed by atoms with Gasteiger partial charge in [-0.2, -0.15) is 5.26 Å². The molecule has 20 heteroatoms. The maximum absolute atomic E-state index is 12.0. The molecule has 73 heavy (non-hydrogen) atoms. The van der Waals surface area contributed by atoms with Gasteiger partial charge in [0.1, 0.15) is 22.6 Å². The Bertz CT molecular complexity index is 3370. The molecule has 3 N–H and O–H groups in total. The van der Waals surface area contributed by atoms with Crippen molar-refractivity contribution in [3.63, 3.8) is 0 Å². The van der Waals surface area contributed by atoms with E-state index in [1.54, 1.807) is 28.6 Å². The van der Waals surface area contributed by atoms with Crippen LogP contribution in [0.2, 0.25) is 0 Å². The van der Waals surface area contributed by atoms with Gasteiger partial charge in [-0.25, -0.2) is 29.3 Å². The summed E-state index contributed by atoms with van der Waals surface area (Å²) >= 11 is 0. The van der Waals surface area contributed by atoms with E-state index in [0.29, 0.717) is 128 Å². The number of nitriles is 1. The predicted octanol–water partition coefficient (Wildman–Crippen LogP) is 6.55. The minimum Gasteiger partial charge on any atom is -0.383 e. The molecule has 2 saturated heterocycles. The summed E-state index contributed by atoms with van der Waals surface area (Å²) in [7, 11) is 1.65. The van der Waals surface area contributed by atoms with Crippen LogP contribution >= 0.6 is 0 Å². The molecule has 3 fully saturated rings. The van der Waals surface area contributed by atoms with Crippen LogP contribution in [0.3, 0.4) is 0 Å². The van der Waals surface area contributed by atoms with Gasteiger partial charge in [0.05, 0.1) is 121 Å². The summed E-state index contributed by atoms with van der Waals surface area (Å²) < 4.78 is 19.9. The molecular formula is C53H51N16O4+. The Labute approximate surface area is 420 Å². The highest BCUT2D eigenvalue weighted by atomic mass is 16.5. The summed E-state index contributed by atoms with van der Waals surface area (Å²) in [5.41, 5.74) is 8.43. The molecule has 0 bridgehead atoms. The van der Waals surface area contributed by atoms with E-state index < -0.39 is 5.60 Å². The van der Waals surface area contributed by atoms with Crippen molar-refractivity contribution < 1.29 is 19.3 Å². The van der Waals surface area contributed by atoms with Crippen molar-refractivity contribution in [3.8, 4) is 57.4 Å². The Morgan fingerprint density at radius 3 is 1.84 bits per heavy atom. The number of benzene rings is 2. The van der Waals surface area contributed by atoms with Gasteiger partial charge in [0, 0.05) is 37.9 Å². The average molecular weight is 976 g/mol. The normalized spacial score (nSPS) is 19.3. The highest BCUT2D eigenvalue weighted by Crippen LogP contribution is 2.40. The number of methoxy groups -OCH3 is 1. The molecule has 366 valence electrons. The molecule has 11 rings (SSSR count). The molecule has 1 saturated carbocycles. The van der Waals surface area contributed by atoms with E-state index in [1.807, 2.05) is 97.3 Å². The van der Waals surface area contributed by atoms with Crippen LogP contribution in [0.4, 0.5) is 11.9 Å². The fraction of sp³-hybridized carbons (Fsp3) is 0.321. The first kappa shape index (κ1) is 47.0. The van der Waals surface area contributed by atoms with E-state index in [0.717, 1.165) is 40.9 Å². The van der Waals surface area contributed by atoms with E-state index in [1.165, 1.54) is 0 Å². The van der Waals surface area contributed by atoms with Crippen molar-refractivity contribution in [2.24, 2.45) is 0 Å². The fourth-order valence-electron chi connectivity index (χ4n) is 9.24. The first-order chi connectivity index (χ1) is 35.8. The number of pyridine rings is 2. The lowest BCUT2D eigenvalue weighted by Crippen LogP contribution is -2.24. The number of hydrogen-bond acceptors (Lipinski definition) is 17. The molecule has 8 aromatic rings. The van der Waals surface area contributed by atoms with Crippen molar-refractivity contribution in [3.05, 3.63) is 148 Å². The van der Waals surface area contributed by atoms with Gasteiger partial charge in [0.15, 0.2) is 0 Å². The zero-order valence-electron chi connectivity index (χ0n) is 40.0. The lowest BCUT2D eigenvalue weighted by atomic mass is 9.96. The smallest absolute Gasteiger partial charge is 0.311 e. The standard InChI is InChI=1S/C53H51N16O4/c1-71-31-41-12-4-10-39(56-41)27-68-29-48(64-66-68)47-23-45(61-52(63-47)59-43-16-19-73-33-43)37-9-3-7-35(21-37)26-55-38-14-17-53(70,24-38)50-13-5-11-40(57-50)28-69-30-49(65-67-69)46-22-44(36-8-2-6-34(20-36)25-54)60-51(62-46)58-42-15-18-72-32-42/h2-13,20-23,29-30,38,42-43,70H,14-19,24,27-28,31-33H2,1H3,(H,58,60,62)(H,59,61,63)/q+1/t38?,42-,43-,53?/m1/s1. The van der Waals surface area contributed by atoms with Crippen LogP contribution in [-0.4, -0.2) is 117 Å². The van der Waals surface area contributed by atoms with Crippen molar-refractivity contribution in [2.45, 2.75) is 75.5 Å². The Kier molecular flexibility index (Phi) is 13.6. The third kappa shape index (κ3) is 11.2. The molecule has 2 aromatic carbocycles. The lowest BCUT2D eigenvalue weighted by Gasteiger charge is -2.20. The quantitative estimate of drug-likeness (QED) is 0.0987. The first-order valence-corrected chi connectivity index (χ1v) is 24.3. The molecule has 8 heterocycles. The fourth-order valence-corrected chi connectivity index (χ4v) is 9.24. The van der Waals surface area contributed by atoms with E-state index in [9.17, 15) is 10.4 Å². The van der Waals surface area contributed by atoms with Gasteiger partial charge in [-0.15, -0.1) is 10.2 Å². The number of rotatable bonds is 15. The van der Waals surface area contributed by atoms with Crippen LogP contribution in [0.1, 0.15) is 66.0 Å². The molecule has 2 unspecified atom stereocenters. The number of aliphatic hydroxyl groups is 1. The highest BCUT2D eigenvalue weighted by molar-refractivity contribution is 5.70. The number of nitrogens with one attached hydrogen (secondary N) is 2. The Balaban J connectivity index is 0.778. The van der Waals surface area contributed by atoms with Crippen LogP contribution in [-0.2, 0) is 39.5 Å². The summed E-state index contributed by atoms with van der Waals surface area (Å²) in [5.74, 6) is 0.911. The van der Waals surface area contributed by atoms with E-state index >= 15 is 0 Å². The molecular weight excluding hydrogens is 925 g/mol. The maximum Gasteiger partial charge on any atom is 0.311 e. The van der Waals surface area contributed by atoms with Gasteiger partial charge in [-0.05, 0) is 79.9 Å². The highest BCUT2D eigenvalue weighted by Gasteiger charge is 2.45. The Morgan fingerprint density at radius 1 is 0.671 bits per heavy atom. The van der Waals surface area contributed by atoms with Crippen LogP contribution < -0.4 is 10.6 Å². The third-order valence-corrected chi connectivity index (χ3v) is 13.0. The van der Waals surface area contributed by atoms with Crippen molar-refractivity contribution in [2.75, 3.05) is 44.2 Å². The van der Waals surface area contributed by atoms with Gasteiger partial charge < -0.3 is 30.0 Å². The maximum atomic E-state index is 12.0. The van der Waals surface area contributed by atoms with E-state index in [-0.39, 0.29) is 18.1 Å². The van der Waals surface area contributed by atoms with E-state index in [4.69, 9.17) is 44.0 Å². The van der Waals surface area contributed by atoms with Gasteiger partial charge in [0.2, 0.25) is 11.9 Å². The average Bonchev–Trinajstić information content (AvgIpc) is 4.30. The Hall–Kier alpha value is -8.40. The van der Waals surface area contributed by atoms with Crippen LogP contribution in [0.15, 0.2) is 109 Å². The zero-order chi connectivity index (χ0) is 49.6. The summed E-state index contributed by atoms with van der Waals surface area (Å²) in [6, 6.07) is 35.9. The molecule has 0 amide bonds. The zero-order valence-corrected chi connectivity index (χ0v) is 40.0. The molecule has 1 aliphatic carbocycles. The minimum atomic E-state index is -1.17. The van der Waals surface area contributed by atoms with Crippen LogP contribution in [0.5, 0.6) is 0 Å². The van der Waals surface area contributed by atoms with Crippen LogP contribution in [0, 0.1) is 17.4 Å². The van der Waals surface area contributed by atoms with Gasteiger partial charge >= 0.3 is 6.07 Å². The molecule has 3 aliphatic rings. The summed E-state index contributed by atoms with van der Waals surface area (Å²) in [5, 5.41) is 46.2. The number of aromatic nitrogens is 12. The van der Waals surface area contributed by atoms with Crippen molar-refractivity contribution >= 4 is 11.9 Å². The molecule has 20 nitrogen and oxygen atoms in total. The van der Waals surface area contributed by atoms with Gasteiger partial charge in [0.25, 0.3) is 6.04 Å². The second-order valence-electron chi connectivity index (χ2n) is 18.4. The largest absolute Gasteiger partial charge is 0.383 e. The third-order valence-electron chi connectivity index (χ3n) is 13.0. The first-order valence-electron chi connectivity index (χ1n) is 24.3. The monoisotopic (exact) mass is 975 g/mol. The molecule has 2 aliphatic heterocycles. The molecule has 0 spiro atoms. The van der Waals surface area contributed by atoms with Crippen molar-refractivity contribution in [1.29, 1.82) is 5.26 Å². The minimum absolute atomic E-state index is 0.0818. The molecule has 0 radical (unpaired) electrons. The molecule has 4 atom stereocenters. The summed E-state index contributed by atoms with van der Waals surface area (Å²) in [6.07, 6.45) is 6.92. The van der Waals surface area contributed by atoms with Crippen LogP contribution in [0.25, 0.3) is 50.1 Å². The number of anilines is 2. The Morgan fingerprint density at radius 2 is 1.23 bits per heavy atom. The second kappa shape index (κ2) is 21.1. The summed E-state index contributed by atoms with van der Waals surface area (Å²) in [6.45, 7) is 3.66. The number of hydrogen-bond donors (Lipinski definition) is 3. The van der Waals surface area contributed by atoms with Gasteiger partial charge in [-0.1, -0.05) is 51.7 Å². The molecule has 6 aromatic heterocycles. The SMILES string of the molecule is COCc1cccc(Cn2cc(-c3cc(-c4cccc(C#[N+]C5CCC(O)(c6cccc(Cn7cc(-c8cc(-c9cccc(C#N)c9)nc(N[C@@H]9CCOC9)n8)nn7)n6)C5)c4)nc(N[C@@H]4CCOC4)n3)nn2)n1. The van der Waals surface area contributed by atoms with E-state index in [2.05, 4.69) is 48.4 Å². The predicted molar refractivity (Wildman–Crippen MR) is 269 cm³/mol. The van der Waals surface area contributed by atoms with Gasteiger partial charge in [-0.3, -0.25) is 9.97 Å². The van der Waals surface area contributed by atoms with Crippen molar-refractivity contribution in [1.82, 2.24) is 59.9 Å². The topological polar surface area (TPSA) is 239 Å². The second-order valence-corrected chi connectivity index (χ2v) is 18.4. The lowest BCUT2D eigenvalue weighted by molar-refractivity contribution is 0.0393. The number of ether oxygens (including phenoxy) is 3. The number of nitrogens with zero attached hydrogens (tertiary/aromatic N) is 14. The summed E-state index contributed by atoms with van der Waals surface area (Å²) in [4.78, 5) is 33.8.